The highest BCUT2D eigenvalue weighted by Gasteiger charge is 2.23. The Balaban J connectivity index is 2.39. The lowest BCUT2D eigenvalue weighted by Gasteiger charge is -2.16. The molecule has 3 heteroatoms. The van der Waals surface area contributed by atoms with Gasteiger partial charge < -0.3 is 5.11 Å². The molecule has 0 aliphatic carbocycles. The maximum Gasteiger partial charge on any atom is 0.0950 e. The molecule has 10 heavy (non-hydrogen) atoms. The minimum absolute atomic E-state index is 0.0443. The van der Waals surface area contributed by atoms with Gasteiger partial charge in [-0.25, -0.2) is 0 Å². The molecule has 56 valence electrons. The van der Waals surface area contributed by atoms with Gasteiger partial charge in [0.05, 0.1) is 18.2 Å². The molecule has 0 spiro atoms. The lowest BCUT2D eigenvalue weighted by atomic mass is 10.3. The smallest absolute Gasteiger partial charge is 0.0950 e. The summed E-state index contributed by atoms with van der Waals surface area (Å²) in [6, 6.07) is 2.10. The molecule has 1 saturated heterocycles. The van der Waals surface area contributed by atoms with Crippen LogP contribution in [0.4, 0.5) is 0 Å². The van der Waals surface area contributed by atoms with Gasteiger partial charge in [-0.2, -0.15) is 5.26 Å². The number of hydrogen-bond donors (Lipinski definition) is 1. The van der Waals surface area contributed by atoms with E-state index in [1.165, 1.54) is 0 Å². The fraction of sp³-hybridized carbons (Fsp3) is 0.857. The number of aliphatic hydroxyl groups is 1. The second kappa shape index (κ2) is 3.00. The van der Waals surface area contributed by atoms with Gasteiger partial charge in [0.15, 0.2) is 0 Å². The summed E-state index contributed by atoms with van der Waals surface area (Å²) in [5, 5.41) is 17.6. The summed E-state index contributed by atoms with van der Waals surface area (Å²) >= 11 is 0. The van der Waals surface area contributed by atoms with Crippen LogP contribution in [0.15, 0.2) is 0 Å². The van der Waals surface area contributed by atoms with Crippen LogP contribution < -0.4 is 0 Å². The zero-order valence-corrected chi connectivity index (χ0v) is 6.12. The normalized spacial score (nSPS) is 29.9. The maximum absolute atomic E-state index is 9.09. The van der Waals surface area contributed by atoms with Crippen molar-refractivity contribution in [2.75, 3.05) is 13.1 Å². The molecule has 1 unspecified atom stereocenters. The van der Waals surface area contributed by atoms with E-state index in [9.17, 15) is 0 Å². The number of β-amino-alcohol motifs (C(OH)–C–C–N with tert-alkyl or cyclic N) is 1. The monoisotopic (exact) mass is 140 g/mol. The molecule has 3 nitrogen and oxygen atoms in total. The number of nitrogens with zero attached hydrogens (tertiary/aromatic N) is 2. The summed E-state index contributed by atoms with van der Waals surface area (Å²) in [6.45, 7) is 3.38. The Bertz CT molecular complexity index is 152. The van der Waals surface area contributed by atoms with E-state index in [-0.39, 0.29) is 12.1 Å². The summed E-state index contributed by atoms with van der Waals surface area (Å²) in [5.74, 6) is 0. The quantitative estimate of drug-likeness (QED) is 0.556. The molecule has 1 fully saturated rings. The van der Waals surface area contributed by atoms with E-state index in [0.29, 0.717) is 6.54 Å². The van der Waals surface area contributed by atoms with Crippen LogP contribution in [-0.2, 0) is 0 Å². The summed E-state index contributed by atoms with van der Waals surface area (Å²) in [4.78, 5) is 1.99. The molecule has 0 aromatic rings. The van der Waals surface area contributed by atoms with Crippen LogP contribution >= 0.6 is 0 Å². The Morgan fingerprint density at radius 2 is 2.50 bits per heavy atom. The number of rotatable bonds is 1. The average molecular weight is 140 g/mol. The molecular formula is C7H12N2O. The highest BCUT2D eigenvalue weighted by Crippen LogP contribution is 2.11. The van der Waals surface area contributed by atoms with Crippen LogP contribution in [-0.4, -0.2) is 35.2 Å². The van der Waals surface area contributed by atoms with Gasteiger partial charge in [-0.3, -0.25) is 4.90 Å². The highest BCUT2D eigenvalue weighted by molar-refractivity contribution is 4.91. The van der Waals surface area contributed by atoms with Gasteiger partial charge in [-0.15, -0.1) is 0 Å². The molecule has 1 aliphatic heterocycles. The average Bonchev–Trinajstić information content (AvgIpc) is 2.34. The van der Waals surface area contributed by atoms with Crippen LogP contribution in [0.1, 0.15) is 13.3 Å². The Labute approximate surface area is 60.9 Å². The van der Waals surface area contributed by atoms with Crippen molar-refractivity contribution in [2.24, 2.45) is 0 Å². The summed E-state index contributed by atoms with van der Waals surface area (Å²) in [6.07, 6.45) is 0.599. The second-order valence-electron chi connectivity index (χ2n) is 2.74. The number of nitriles is 1. The SMILES string of the molecule is CC(C#N)N1CC[C@@H](O)C1. The van der Waals surface area contributed by atoms with Crippen molar-refractivity contribution < 1.29 is 5.11 Å². The summed E-state index contributed by atoms with van der Waals surface area (Å²) < 4.78 is 0. The molecule has 1 N–H and O–H groups in total. The third kappa shape index (κ3) is 1.47. The van der Waals surface area contributed by atoms with Crippen molar-refractivity contribution in [2.45, 2.75) is 25.5 Å². The Morgan fingerprint density at radius 1 is 1.80 bits per heavy atom. The Morgan fingerprint density at radius 3 is 2.90 bits per heavy atom. The molecule has 1 aliphatic rings. The minimum atomic E-state index is -0.212. The van der Waals surface area contributed by atoms with Crippen molar-refractivity contribution >= 4 is 0 Å². The molecule has 1 rings (SSSR count). The van der Waals surface area contributed by atoms with Gasteiger partial charge in [0, 0.05) is 13.1 Å². The van der Waals surface area contributed by atoms with E-state index in [2.05, 4.69) is 6.07 Å². The predicted molar refractivity (Wildman–Crippen MR) is 37.3 cm³/mol. The fourth-order valence-electron chi connectivity index (χ4n) is 1.20. The van der Waals surface area contributed by atoms with Crippen LogP contribution in [0.25, 0.3) is 0 Å². The van der Waals surface area contributed by atoms with Crippen molar-refractivity contribution in [3.63, 3.8) is 0 Å². The van der Waals surface area contributed by atoms with Crippen molar-refractivity contribution in [3.05, 3.63) is 0 Å². The molecule has 0 saturated carbocycles. The molecule has 0 radical (unpaired) electrons. The Kier molecular flexibility index (Phi) is 2.25. The lowest BCUT2D eigenvalue weighted by Crippen LogP contribution is -2.30. The van der Waals surface area contributed by atoms with Gasteiger partial charge in [0.2, 0.25) is 0 Å². The van der Waals surface area contributed by atoms with E-state index in [0.717, 1.165) is 13.0 Å². The highest BCUT2D eigenvalue weighted by atomic mass is 16.3. The van der Waals surface area contributed by atoms with Crippen LogP contribution in [0.5, 0.6) is 0 Å². The van der Waals surface area contributed by atoms with E-state index in [1.807, 2.05) is 11.8 Å². The van der Waals surface area contributed by atoms with E-state index in [4.69, 9.17) is 10.4 Å². The number of likely N-dealkylation sites (tertiary alicyclic amines) is 1. The summed E-state index contributed by atoms with van der Waals surface area (Å²) in [7, 11) is 0. The molecule has 0 aromatic carbocycles. The van der Waals surface area contributed by atoms with Gasteiger partial charge in [-0.05, 0) is 13.3 Å². The molecule has 1 heterocycles. The van der Waals surface area contributed by atoms with Crippen LogP contribution in [0.2, 0.25) is 0 Å². The van der Waals surface area contributed by atoms with Gasteiger partial charge >= 0.3 is 0 Å². The predicted octanol–water partition coefficient (Wildman–Crippen LogP) is -0.0349. The van der Waals surface area contributed by atoms with Gasteiger partial charge in [0.25, 0.3) is 0 Å². The fourth-order valence-corrected chi connectivity index (χ4v) is 1.20. The van der Waals surface area contributed by atoms with Crippen LogP contribution in [0.3, 0.4) is 0 Å². The number of aliphatic hydroxyl groups excluding tert-OH is 1. The first-order valence-electron chi connectivity index (χ1n) is 3.55. The van der Waals surface area contributed by atoms with Crippen LogP contribution in [0, 0.1) is 11.3 Å². The van der Waals surface area contributed by atoms with Gasteiger partial charge in [0.1, 0.15) is 0 Å². The van der Waals surface area contributed by atoms with Gasteiger partial charge in [-0.1, -0.05) is 0 Å². The topological polar surface area (TPSA) is 47.3 Å². The molecule has 0 amide bonds. The standard InChI is InChI=1S/C7H12N2O/c1-6(4-8)9-3-2-7(10)5-9/h6-7,10H,2-3,5H2,1H3/t6?,7-/m1/s1. The van der Waals surface area contributed by atoms with Crippen molar-refractivity contribution in [1.29, 1.82) is 5.26 Å². The number of hydrogen-bond acceptors (Lipinski definition) is 3. The Hall–Kier alpha value is -0.590. The molecule has 0 aromatic heterocycles. The van der Waals surface area contributed by atoms with E-state index >= 15 is 0 Å². The third-order valence-corrected chi connectivity index (χ3v) is 1.93. The van der Waals surface area contributed by atoms with E-state index in [1.54, 1.807) is 0 Å². The molecule has 2 atom stereocenters. The maximum atomic E-state index is 9.09. The largest absolute Gasteiger partial charge is 0.392 e. The first-order valence-corrected chi connectivity index (χ1v) is 3.55. The second-order valence-corrected chi connectivity index (χ2v) is 2.74. The minimum Gasteiger partial charge on any atom is -0.392 e. The lowest BCUT2D eigenvalue weighted by molar-refractivity contribution is 0.171. The zero-order chi connectivity index (χ0) is 7.56. The summed E-state index contributed by atoms with van der Waals surface area (Å²) in [5.41, 5.74) is 0. The first kappa shape index (κ1) is 7.52. The third-order valence-electron chi connectivity index (χ3n) is 1.93. The van der Waals surface area contributed by atoms with E-state index < -0.39 is 0 Å². The first-order chi connectivity index (χ1) is 4.74. The molecule has 0 bridgehead atoms. The zero-order valence-electron chi connectivity index (χ0n) is 6.12. The molecular weight excluding hydrogens is 128 g/mol. The van der Waals surface area contributed by atoms with Crippen molar-refractivity contribution in [1.82, 2.24) is 4.90 Å². The van der Waals surface area contributed by atoms with Crippen molar-refractivity contribution in [3.8, 4) is 6.07 Å².